The third-order valence-corrected chi connectivity index (χ3v) is 3.70. The van der Waals surface area contributed by atoms with Crippen molar-refractivity contribution in [3.63, 3.8) is 0 Å². The smallest absolute Gasteiger partial charge is 0.181 e. The fourth-order valence-corrected chi connectivity index (χ4v) is 2.51. The van der Waals surface area contributed by atoms with Gasteiger partial charge in [0, 0.05) is 24.4 Å². The van der Waals surface area contributed by atoms with Gasteiger partial charge in [-0.05, 0) is 19.4 Å². The molecule has 0 bridgehead atoms. The van der Waals surface area contributed by atoms with Gasteiger partial charge in [0.2, 0.25) is 0 Å². The van der Waals surface area contributed by atoms with Crippen LogP contribution in [0, 0.1) is 6.92 Å². The molecule has 0 aliphatic heterocycles. The number of aromatic nitrogens is 4. The van der Waals surface area contributed by atoms with Crippen molar-refractivity contribution in [2.75, 3.05) is 13.7 Å². The van der Waals surface area contributed by atoms with Gasteiger partial charge < -0.3 is 9.84 Å². The maximum Gasteiger partial charge on any atom is 0.181 e. The minimum absolute atomic E-state index is 0.104. The van der Waals surface area contributed by atoms with Crippen LogP contribution in [0.1, 0.15) is 12.1 Å². The minimum Gasteiger partial charge on any atom is -0.494 e. The predicted molar refractivity (Wildman–Crippen MR) is 91.7 cm³/mol. The Bertz CT molecular complexity index is 815. The Morgan fingerprint density at radius 1 is 1.21 bits per heavy atom. The average molecular weight is 324 g/mol. The number of benzene rings is 1. The average Bonchev–Trinajstić information content (AvgIpc) is 3.04. The number of rotatable bonds is 6. The Hall–Kier alpha value is -2.73. The van der Waals surface area contributed by atoms with Gasteiger partial charge in [-0.25, -0.2) is 9.67 Å². The predicted octanol–water partition coefficient (Wildman–Crippen LogP) is 2.71. The molecular formula is C18H20N4O2. The van der Waals surface area contributed by atoms with Crippen LogP contribution in [0.4, 0.5) is 0 Å². The SMILES string of the molecule is COc1cnc(C)cc1-c1nc(-c2ccccc2)nn1CCCO. The number of nitrogens with zero attached hydrogens (tertiary/aromatic N) is 4. The van der Waals surface area contributed by atoms with Crippen molar-refractivity contribution in [2.24, 2.45) is 0 Å². The first kappa shape index (κ1) is 16.1. The minimum atomic E-state index is 0.104. The van der Waals surface area contributed by atoms with Gasteiger partial charge in [0.25, 0.3) is 0 Å². The van der Waals surface area contributed by atoms with Crippen molar-refractivity contribution in [3.8, 4) is 28.5 Å². The summed E-state index contributed by atoms with van der Waals surface area (Å²) < 4.78 is 7.25. The highest BCUT2D eigenvalue weighted by Crippen LogP contribution is 2.30. The maximum absolute atomic E-state index is 9.16. The number of aliphatic hydroxyl groups excluding tert-OH is 1. The number of ether oxygens (including phenoxy) is 1. The molecule has 3 rings (SSSR count). The molecule has 2 heterocycles. The van der Waals surface area contributed by atoms with Gasteiger partial charge in [0.05, 0.1) is 18.9 Å². The third-order valence-electron chi connectivity index (χ3n) is 3.70. The van der Waals surface area contributed by atoms with Gasteiger partial charge in [-0.1, -0.05) is 30.3 Å². The summed E-state index contributed by atoms with van der Waals surface area (Å²) in [6, 6.07) is 11.8. The molecule has 0 aliphatic rings. The van der Waals surface area contributed by atoms with E-state index in [0.29, 0.717) is 30.4 Å². The van der Waals surface area contributed by atoms with Crippen LogP contribution in [0.3, 0.4) is 0 Å². The molecule has 0 aliphatic carbocycles. The molecule has 0 fully saturated rings. The second kappa shape index (κ2) is 7.23. The van der Waals surface area contributed by atoms with Gasteiger partial charge >= 0.3 is 0 Å². The van der Waals surface area contributed by atoms with Crippen LogP contribution < -0.4 is 4.74 Å². The van der Waals surface area contributed by atoms with Gasteiger partial charge in [-0.15, -0.1) is 0 Å². The molecule has 24 heavy (non-hydrogen) atoms. The molecule has 1 aromatic carbocycles. The molecule has 0 saturated heterocycles. The molecular weight excluding hydrogens is 304 g/mol. The van der Waals surface area contributed by atoms with Crippen molar-refractivity contribution in [1.29, 1.82) is 0 Å². The molecule has 0 spiro atoms. The van der Waals surface area contributed by atoms with E-state index in [-0.39, 0.29) is 6.61 Å². The molecule has 6 heteroatoms. The van der Waals surface area contributed by atoms with E-state index in [1.807, 2.05) is 48.0 Å². The summed E-state index contributed by atoms with van der Waals surface area (Å²) in [5, 5.41) is 13.8. The normalized spacial score (nSPS) is 10.8. The first-order valence-electron chi connectivity index (χ1n) is 7.85. The van der Waals surface area contributed by atoms with E-state index in [9.17, 15) is 0 Å². The summed E-state index contributed by atoms with van der Waals surface area (Å²) in [6.07, 6.45) is 2.30. The van der Waals surface area contributed by atoms with Gasteiger partial charge in [0.15, 0.2) is 11.6 Å². The Balaban J connectivity index is 2.12. The molecule has 0 atom stereocenters. The summed E-state index contributed by atoms with van der Waals surface area (Å²) in [7, 11) is 1.61. The Labute approximate surface area is 140 Å². The van der Waals surface area contributed by atoms with E-state index >= 15 is 0 Å². The molecule has 0 saturated carbocycles. The fraction of sp³-hybridized carbons (Fsp3) is 0.278. The zero-order chi connectivity index (χ0) is 16.9. The van der Waals surface area contributed by atoms with Crippen LogP contribution >= 0.6 is 0 Å². The quantitative estimate of drug-likeness (QED) is 0.755. The van der Waals surface area contributed by atoms with Gasteiger partial charge in [0.1, 0.15) is 5.75 Å². The Morgan fingerprint density at radius 3 is 2.71 bits per heavy atom. The highest BCUT2D eigenvalue weighted by atomic mass is 16.5. The first-order valence-corrected chi connectivity index (χ1v) is 7.85. The van der Waals surface area contributed by atoms with Crippen molar-refractivity contribution >= 4 is 0 Å². The van der Waals surface area contributed by atoms with Crippen LogP contribution in [-0.2, 0) is 6.54 Å². The van der Waals surface area contributed by atoms with Crippen LogP contribution in [-0.4, -0.2) is 38.6 Å². The Morgan fingerprint density at radius 2 is 2.00 bits per heavy atom. The van der Waals surface area contributed by atoms with E-state index < -0.39 is 0 Å². The molecule has 0 radical (unpaired) electrons. The zero-order valence-electron chi connectivity index (χ0n) is 13.8. The lowest BCUT2D eigenvalue weighted by molar-refractivity contribution is 0.277. The van der Waals surface area contributed by atoms with Crippen LogP contribution in [0.25, 0.3) is 22.8 Å². The largest absolute Gasteiger partial charge is 0.494 e. The van der Waals surface area contributed by atoms with E-state index in [4.69, 9.17) is 14.8 Å². The highest BCUT2D eigenvalue weighted by molar-refractivity contribution is 5.67. The van der Waals surface area contributed by atoms with Crippen LogP contribution in [0.15, 0.2) is 42.6 Å². The van der Waals surface area contributed by atoms with Gasteiger partial charge in [-0.2, -0.15) is 5.10 Å². The lowest BCUT2D eigenvalue weighted by atomic mass is 10.2. The number of pyridine rings is 1. The van der Waals surface area contributed by atoms with Crippen molar-refractivity contribution in [2.45, 2.75) is 19.9 Å². The molecule has 2 aromatic heterocycles. The second-order valence-electron chi connectivity index (χ2n) is 5.45. The first-order chi connectivity index (χ1) is 11.7. The molecule has 0 amide bonds. The van der Waals surface area contributed by atoms with E-state index in [2.05, 4.69) is 10.1 Å². The highest BCUT2D eigenvalue weighted by Gasteiger charge is 2.17. The molecule has 3 aromatic rings. The van der Waals surface area contributed by atoms with Crippen LogP contribution in [0.5, 0.6) is 5.75 Å². The van der Waals surface area contributed by atoms with Crippen molar-refractivity contribution in [1.82, 2.24) is 19.7 Å². The summed E-state index contributed by atoms with van der Waals surface area (Å²) in [6.45, 7) is 2.61. The molecule has 0 unspecified atom stereocenters. The lowest BCUT2D eigenvalue weighted by Gasteiger charge is -2.09. The zero-order valence-corrected chi connectivity index (χ0v) is 13.8. The summed E-state index contributed by atoms with van der Waals surface area (Å²) in [5.41, 5.74) is 2.67. The fourth-order valence-electron chi connectivity index (χ4n) is 2.51. The number of aliphatic hydroxyl groups is 1. The van der Waals surface area contributed by atoms with Crippen LogP contribution in [0.2, 0.25) is 0 Å². The standard InChI is InChI=1S/C18H20N4O2/c1-13-11-15(16(24-2)12-19-13)18-20-17(14-7-4-3-5-8-14)21-22(18)9-6-10-23/h3-5,7-8,11-12,23H,6,9-10H2,1-2H3. The lowest BCUT2D eigenvalue weighted by Crippen LogP contribution is -2.05. The number of hydrogen-bond acceptors (Lipinski definition) is 5. The van der Waals surface area contributed by atoms with Crippen molar-refractivity contribution in [3.05, 3.63) is 48.3 Å². The second-order valence-corrected chi connectivity index (χ2v) is 5.45. The maximum atomic E-state index is 9.16. The van der Waals surface area contributed by atoms with E-state index in [1.165, 1.54) is 0 Å². The summed E-state index contributed by atoms with van der Waals surface area (Å²) >= 11 is 0. The molecule has 124 valence electrons. The van der Waals surface area contributed by atoms with E-state index in [0.717, 1.165) is 16.8 Å². The number of hydrogen-bond donors (Lipinski definition) is 1. The third kappa shape index (κ3) is 3.28. The summed E-state index contributed by atoms with van der Waals surface area (Å²) in [4.78, 5) is 8.99. The summed E-state index contributed by atoms with van der Waals surface area (Å²) in [5.74, 6) is 2.02. The van der Waals surface area contributed by atoms with Gasteiger partial charge in [-0.3, -0.25) is 4.98 Å². The van der Waals surface area contributed by atoms with E-state index in [1.54, 1.807) is 13.3 Å². The van der Waals surface area contributed by atoms with Crippen molar-refractivity contribution < 1.29 is 9.84 Å². The molecule has 6 nitrogen and oxygen atoms in total. The monoisotopic (exact) mass is 324 g/mol. The number of aryl methyl sites for hydroxylation is 2. The Kier molecular flexibility index (Phi) is 4.86. The number of methoxy groups -OCH3 is 1. The topological polar surface area (TPSA) is 73.1 Å². The molecule has 1 N–H and O–H groups in total.